The Labute approximate surface area is 145 Å². The lowest BCUT2D eigenvalue weighted by atomic mass is 10.1. The first kappa shape index (κ1) is 17.0. The summed E-state index contributed by atoms with van der Waals surface area (Å²) in [7, 11) is 0. The van der Waals surface area contributed by atoms with Crippen molar-refractivity contribution in [3.63, 3.8) is 0 Å². The fourth-order valence-corrected chi connectivity index (χ4v) is 2.78. The van der Waals surface area contributed by atoms with Gasteiger partial charge in [-0.05, 0) is 36.4 Å². The summed E-state index contributed by atoms with van der Waals surface area (Å²) >= 11 is 1.07. The summed E-state index contributed by atoms with van der Waals surface area (Å²) in [6.45, 7) is 0. The molecule has 0 fully saturated rings. The highest BCUT2D eigenvalue weighted by atomic mass is 32.1. The number of halogens is 3. The Morgan fingerprint density at radius 2 is 1.88 bits per heavy atom. The number of benzene rings is 1. The second-order valence-electron chi connectivity index (χ2n) is 4.99. The van der Waals surface area contributed by atoms with E-state index in [1.807, 2.05) is 0 Å². The molecular weight excluding hydrogens is 349 g/mol. The highest BCUT2D eigenvalue weighted by molar-refractivity contribution is 7.17. The standard InChI is InChI=1S/C18H10F3N2OS/c19-18(20,21)13-6-4-12(5-7-13)17-23-11-16(25-17)15(24)9-8-14-3-1-2-10-22-14/h1-10H. The molecule has 0 saturated heterocycles. The average molecular weight is 359 g/mol. The molecule has 0 aliphatic rings. The molecule has 7 heteroatoms. The summed E-state index contributed by atoms with van der Waals surface area (Å²) < 4.78 is 37.7. The van der Waals surface area contributed by atoms with Gasteiger partial charge in [0.2, 0.25) is 0 Å². The molecule has 3 rings (SSSR count). The third-order valence-corrected chi connectivity index (χ3v) is 4.25. The Morgan fingerprint density at radius 3 is 2.52 bits per heavy atom. The second-order valence-corrected chi connectivity index (χ2v) is 5.99. The number of alkyl halides is 3. The number of hydrogen-bond acceptors (Lipinski definition) is 4. The van der Waals surface area contributed by atoms with E-state index in [-0.39, 0.29) is 10.7 Å². The van der Waals surface area contributed by atoms with Crippen molar-refractivity contribution in [2.45, 2.75) is 6.18 Å². The van der Waals surface area contributed by atoms with Crippen molar-refractivity contribution in [2.24, 2.45) is 0 Å². The van der Waals surface area contributed by atoms with Crippen LogP contribution < -0.4 is 0 Å². The molecular formula is C18H10F3N2OS. The average Bonchev–Trinajstić information content (AvgIpc) is 3.10. The predicted molar refractivity (Wildman–Crippen MR) is 89.0 cm³/mol. The molecule has 0 spiro atoms. The van der Waals surface area contributed by atoms with E-state index in [4.69, 9.17) is 0 Å². The van der Waals surface area contributed by atoms with Crippen molar-refractivity contribution in [2.75, 3.05) is 0 Å². The molecule has 0 unspecified atom stereocenters. The second kappa shape index (κ2) is 6.98. The van der Waals surface area contributed by atoms with E-state index in [2.05, 4.69) is 16.2 Å². The molecule has 0 saturated carbocycles. The minimum Gasteiger partial charge on any atom is -0.288 e. The van der Waals surface area contributed by atoms with Gasteiger partial charge in [-0.2, -0.15) is 13.2 Å². The first-order valence-electron chi connectivity index (χ1n) is 7.13. The van der Waals surface area contributed by atoms with Crippen LogP contribution in [-0.4, -0.2) is 15.8 Å². The van der Waals surface area contributed by atoms with Gasteiger partial charge < -0.3 is 0 Å². The van der Waals surface area contributed by atoms with Crippen LogP contribution in [0.15, 0.2) is 54.7 Å². The number of aromatic nitrogens is 2. The molecule has 0 atom stereocenters. The maximum Gasteiger partial charge on any atom is 0.416 e. The largest absolute Gasteiger partial charge is 0.416 e. The Bertz CT molecular complexity index is 900. The number of carbonyl (C=O) groups is 1. The molecule has 0 bridgehead atoms. The highest BCUT2D eigenvalue weighted by Gasteiger charge is 2.30. The minimum absolute atomic E-state index is 0.280. The lowest BCUT2D eigenvalue weighted by Crippen LogP contribution is -2.03. The van der Waals surface area contributed by atoms with Crippen LogP contribution in [0.1, 0.15) is 20.9 Å². The Kier molecular flexibility index (Phi) is 4.76. The van der Waals surface area contributed by atoms with E-state index in [9.17, 15) is 18.0 Å². The van der Waals surface area contributed by atoms with Crippen molar-refractivity contribution in [1.82, 2.24) is 9.97 Å². The zero-order valence-electron chi connectivity index (χ0n) is 12.6. The maximum atomic E-state index is 12.6. The lowest BCUT2D eigenvalue weighted by Gasteiger charge is -2.06. The highest BCUT2D eigenvalue weighted by Crippen LogP contribution is 2.32. The number of carbonyl (C=O) groups excluding carboxylic acids is 1. The molecule has 0 aliphatic heterocycles. The fraction of sp³-hybridized carbons (Fsp3) is 0.0556. The number of rotatable bonds is 4. The first-order valence-corrected chi connectivity index (χ1v) is 7.95. The summed E-state index contributed by atoms with van der Waals surface area (Å²) in [5.41, 5.74) is 0.414. The number of pyridine rings is 1. The van der Waals surface area contributed by atoms with Gasteiger partial charge in [0.1, 0.15) is 16.1 Å². The van der Waals surface area contributed by atoms with Gasteiger partial charge in [0, 0.05) is 11.8 Å². The molecule has 3 aromatic rings. The Balaban J connectivity index is 1.76. The summed E-state index contributed by atoms with van der Waals surface area (Å²) in [5.74, 6) is -0.290. The first-order chi connectivity index (χ1) is 11.9. The van der Waals surface area contributed by atoms with E-state index in [1.165, 1.54) is 18.2 Å². The third-order valence-electron chi connectivity index (χ3n) is 3.23. The molecule has 2 heterocycles. The summed E-state index contributed by atoms with van der Waals surface area (Å²) in [4.78, 5) is 20.5. The number of ketones is 1. The number of thiazole rings is 1. The van der Waals surface area contributed by atoms with Crippen LogP contribution in [0.4, 0.5) is 13.2 Å². The molecule has 1 radical (unpaired) electrons. The monoisotopic (exact) mass is 359 g/mol. The Morgan fingerprint density at radius 1 is 1.12 bits per heavy atom. The van der Waals surface area contributed by atoms with Gasteiger partial charge in [-0.25, -0.2) is 4.98 Å². The van der Waals surface area contributed by atoms with E-state index < -0.39 is 11.7 Å². The van der Waals surface area contributed by atoms with Gasteiger partial charge >= 0.3 is 6.18 Å². The topological polar surface area (TPSA) is 42.9 Å². The van der Waals surface area contributed by atoms with Crippen LogP contribution >= 0.6 is 11.3 Å². The van der Waals surface area contributed by atoms with Crippen LogP contribution in [0.25, 0.3) is 16.6 Å². The SMILES string of the molecule is O=C(C=Cc1ccccn1)c1[c]nc(-c2ccc(C(F)(F)F)cc2)s1. The van der Waals surface area contributed by atoms with Crippen LogP contribution in [0.3, 0.4) is 0 Å². The van der Waals surface area contributed by atoms with Crippen LogP contribution in [-0.2, 0) is 6.18 Å². The zero-order valence-corrected chi connectivity index (χ0v) is 13.4. The van der Waals surface area contributed by atoms with Gasteiger partial charge in [0.15, 0.2) is 5.78 Å². The van der Waals surface area contributed by atoms with Crippen molar-refractivity contribution in [3.8, 4) is 10.6 Å². The molecule has 0 amide bonds. The molecule has 1 aromatic carbocycles. The lowest BCUT2D eigenvalue weighted by molar-refractivity contribution is -0.137. The smallest absolute Gasteiger partial charge is 0.288 e. The van der Waals surface area contributed by atoms with Crippen molar-refractivity contribution < 1.29 is 18.0 Å². The van der Waals surface area contributed by atoms with E-state index >= 15 is 0 Å². The molecule has 2 aromatic heterocycles. The third kappa shape index (κ3) is 4.19. The van der Waals surface area contributed by atoms with Crippen molar-refractivity contribution in [3.05, 3.63) is 77.1 Å². The van der Waals surface area contributed by atoms with Gasteiger partial charge in [-0.3, -0.25) is 9.78 Å². The summed E-state index contributed by atoms with van der Waals surface area (Å²) in [6, 6.07) is 9.96. The fourth-order valence-electron chi connectivity index (χ4n) is 1.99. The molecule has 25 heavy (non-hydrogen) atoms. The molecule has 0 N–H and O–H groups in total. The van der Waals surface area contributed by atoms with E-state index in [0.717, 1.165) is 23.5 Å². The normalized spacial score (nSPS) is 11.8. The van der Waals surface area contributed by atoms with Crippen LogP contribution in [0.2, 0.25) is 0 Å². The van der Waals surface area contributed by atoms with E-state index in [1.54, 1.807) is 30.5 Å². The minimum atomic E-state index is -4.38. The number of hydrogen-bond donors (Lipinski definition) is 0. The van der Waals surface area contributed by atoms with Gasteiger partial charge in [0.05, 0.1) is 11.3 Å². The van der Waals surface area contributed by atoms with Crippen molar-refractivity contribution >= 4 is 23.2 Å². The summed E-state index contributed by atoms with van der Waals surface area (Å²) in [6.07, 6.45) is 2.78. The molecule has 125 valence electrons. The zero-order chi connectivity index (χ0) is 17.9. The van der Waals surface area contributed by atoms with Gasteiger partial charge in [0.25, 0.3) is 0 Å². The summed E-state index contributed by atoms with van der Waals surface area (Å²) in [5, 5.41) is 0.434. The van der Waals surface area contributed by atoms with Gasteiger partial charge in [-0.15, -0.1) is 11.3 Å². The van der Waals surface area contributed by atoms with E-state index in [0.29, 0.717) is 16.3 Å². The van der Waals surface area contributed by atoms with Crippen molar-refractivity contribution in [1.29, 1.82) is 0 Å². The predicted octanol–water partition coefficient (Wildman–Crippen LogP) is 4.92. The van der Waals surface area contributed by atoms with Gasteiger partial charge in [-0.1, -0.05) is 18.2 Å². The maximum absolute atomic E-state index is 12.6. The quantitative estimate of drug-likeness (QED) is 0.490. The molecule has 0 aliphatic carbocycles. The van der Waals surface area contributed by atoms with Crippen LogP contribution in [0.5, 0.6) is 0 Å². The number of allylic oxidation sites excluding steroid dienone is 1. The van der Waals surface area contributed by atoms with Crippen LogP contribution in [0, 0.1) is 6.20 Å². The Hall–Kier alpha value is -2.80. The number of nitrogens with zero attached hydrogens (tertiary/aromatic N) is 2. The molecule has 3 nitrogen and oxygen atoms in total.